The van der Waals surface area contributed by atoms with Gasteiger partial charge in [0.15, 0.2) is 0 Å². The van der Waals surface area contributed by atoms with Crippen LogP contribution >= 0.6 is 0 Å². The molecule has 4 nitrogen and oxygen atoms in total. The van der Waals surface area contributed by atoms with Crippen molar-refractivity contribution >= 4 is 5.97 Å². The molecule has 0 spiro atoms. The normalized spacial score (nSPS) is 14.9. The zero-order valence-electron chi connectivity index (χ0n) is 9.34. The molecule has 84 valence electrons. The number of nitrogens with two attached hydrogens (primary N) is 1. The molecule has 14 heavy (non-hydrogen) atoms. The van der Waals surface area contributed by atoms with Crippen LogP contribution in [0.5, 0.6) is 0 Å². The number of methoxy groups -OCH3 is 1. The Morgan fingerprint density at radius 3 is 2.57 bits per heavy atom. The maximum atomic E-state index is 11.1. The SMILES string of the molecule is CCCCCOCC(C)(N)C(=O)OC. The Kier molecular flexibility index (Phi) is 6.49. The van der Waals surface area contributed by atoms with E-state index in [9.17, 15) is 4.79 Å². The van der Waals surface area contributed by atoms with Gasteiger partial charge in [-0.15, -0.1) is 0 Å². The highest BCUT2D eigenvalue weighted by atomic mass is 16.5. The lowest BCUT2D eigenvalue weighted by Crippen LogP contribution is -2.49. The molecule has 0 radical (unpaired) electrons. The minimum absolute atomic E-state index is 0.212. The summed E-state index contributed by atoms with van der Waals surface area (Å²) in [6.07, 6.45) is 3.30. The van der Waals surface area contributed by atoms with Gasteiger partial charge >= 0.3 is 5.97 Å². The second-order valence-corrected chi connectivity index (χ2v) is 3.67. The highest BCUT2D eigenvalue weighted by Crippen LogP contribution is 2.03. The van der Waals surface area contributed by atoms with Gasteiger partial charge in [-0.2, -0.15) is 0 Å². The number of rotatable bonds is 7. The molecule has 0 saturated carbocycles. The molecule has 1 unspecified atom stereocenters. The minimum Gasteiger partial charge on any atom is -0.468 e. The molecule has 1 atom stereocenters. The van der Waals surface area contributed by atoms with E-state index in [1.165, 1.54) is 7.11 Å². The maximum Gasteiger partial charge on any atom is 0.327 e. The Hall–Kier alpha value is -0.610. The average Bonchev–Trinajstić information content (AvgIpc) is 2.16. The summed E-state index contributed by atoms with van der Waals surface area (Å²) in [5, 5.41) is 0. The van der Waals surface area contributed by atoms with Crippen LogP contribution in [0.3, 0.4) is 0 Å². The van der Waals surface area contributed by atoms with Crippen LogP contribution in [-0.2, 0) is 14.3 Å². The van der Waals surface area contributed by atoms with Crippen LogP contribution in [-0.4, -0.2) is 31.8 Å². The van der Waals surface area contributed by atoms with Crippen LogP contribution in [0.2, 0.25) is 0 Å². The van der Waals surface area contributed by atoms with Gasteiger partial charge in [-0.05, 0) is 13.3 Å². The van der Waals surface area contributed by atoms with E-state index < -0.39 is 11.5 Å². The highest BCUT2D eigenvalue weighted by molar-refractivity contribution is 5.80. The van der Waals surface area contributed by atoms with Gasteiger partial charge in [-0.1, -0.05) is 19.8 Å². The van der Waals surface area contributed by atoms with Crippen molar-refractivity contribution in [3.63, 3.8) is 0 Å². The van der Waals surface area contributed by atoms with Gasteiger partial charge in [0.25, 0.3) is 0 Å². The number of ether oxygens (including phenoxy) is 2. The molecule has 0 aliphatic rings. The Morgan fingerprint density at radius 1 is 1.43 bits per heavy atom. The highest BCUT2D eigenvalue weighted by Gasteiger charge is 2.29. The number of unbranched alkanes of at least 4 members (excludes halogenated alkanes) is 2. The molecule has 0 amide bonds. The van der Waals surface area contributed by atoms with E-state index in [1.54, 1.807) is 6.92 Å². The summed E-state index contributed by atoms with van der Waals surface area (Å²) in [6.45, 7) is 4.60. The predicted molar refractivity (Wildman–Crippen MR) is 55.0 cm³/mol. The molecule has 0 aromatic heterocycles. The van der Waals surface area contributed by atoms with Gasteiger partial charge in [-0.25, -0.2) is 4.79 Å². The van der Waals surface area contributed by atoms with E-state index in [0.717, 1.165) is 19.3 Å². The van der Waals surface area contributed by atoms with Crippen molar-refractivity contribution < 1.29 is 14.3 Å². The maximum absolute atomic E-state index is 11.1. The van der Waals surface area contributed by atoms with Crippen LogP contribution in [0, 0.1) is 0 Å². The van der Waals surface area contributed by atoms with Crippen molar-refractivity contribution in [2.75, 3.05) is 20.3 Å². The Morgan fingerprint density at radius 2 is 2.07 bits per heavy atom. The molecule has 0 aromatic rings. The van der Waals surface area contributed by atoms with Crippen molar-refractivity contribution in [2.45, 2.75) is 38.6 Å². The van der Waals surface area contributed by atoms with E-state index in [4.69, 9.17) is 10.5 Å². The van der Waals surface area contributed by atoms with E-state index in [-0.39, 0.29) is 6.61 Å². The van der Waals surface area contributed by atoms with Crippen LogP contribution < -0.4 is 5.73 Å². The summed E-state index contributed by atoms with van der Waals surface area (Å²) in [5.41, 5.74) is 4.66. The second kappa shape index (κ2) is 6.79. The quantitative estimate of drug-likeness (QED) is 0.497. The van der Waals surface area contributed by atoms with Gasteiger partial charge < -0.3 is 15.2 Å². The van der Waals surface area contributed by atoms with Gasteiger partial charge in [0, 0.05) is 6.61 Å². The number of carbonyl (C=O) groups excluding carboxylic acids is 1. The third-order valence-corrected chi connectivity index (χ3v) is 1.95. The molecule has 0 bridgehead atoms. The van der Waals surface area contributed by atoms with Crippen LogP contribution in [0.1, 0.15) is 33.1 Å². The fourth-order valence-corrected chi connectivity index (χ4v) is 1.03. The number of hydrogen-bond donors (Lipinski definition) is 1. The smallest absolute Gasteiger partial charge is 0.327 e. The molecule has 4 heteroatoms. The lowest BCUT2D eigenvalue weighted by Gasteiger charge is -2.20. The first-order valence-corrected chi connectivity index (χ1v) is 4.99. The average molecular weight is 203 g/mol. The van der Waals surface area contributed by atoms with Crippen molar-refractivity contribution in [3.05, 3.63) is 0 Å². The Labute approximate surface area is 85.8 Å². The van der Waals surface area contributed by atoms with E-state index in [0.29, 0.717) is 6.61 Å². The first-order valence-electron chi connectivity index (χ1n) is 4.99. The summed E-state index contributed by atoms with van der Waals surface area (Å²) in [4.78, 5) is 11.1. The Bertz CT molecular complexity index is 169. The molecule has 0 aromatic carbocycles. The van der Waals surface area contributed by atoms with Gasteiger partial charge in [-0.3, -0.25) is 0 Å². The van der Waals surface area contributed by atoms with E-state index in [1.807, 2.05) is 0 Å². The van der Waals surface area contributed by atoms with E-state index in [2.05, 4.69) is 11.7 Å². The number of esters is 1. The van der Waals surface area contributed by atoms with Gasteiger partial charge in [0.2, 0.25) is 0 Å². The lowest BCUT2D eigenvalue weighted by atomic mass is 10.1. The summed E-state index contributed by atoms with van der Waals surface area (Å²) in [7, 11) is 1.32. The monoisotopic (exact) mass is 203 g/mol. The fourth-order valence-electron chi connectivity index (χ4n) is 1.03. The zero-order chi connectivity index (χ0) is 11.0. The van der Waals surface area contributed by atoms with Crippen molar-refractivity contribution in [3.8, 4) is 0 Å². The summed E-state index contributed by atoms with van der Waals surface area (Å²) in [5.74, 6) is -0.437. The van der Waals surface area contributed by atoms with Crippen LogP contribution in [0.25, 0.3) is 0 Å². The Balaban J connectivity index is 3.60. The number of carbonyl (C=O) groups is 1. The minimum atomic E-state index is -1.03. The molecule has 0 fully saturated rings. The summed E-state index contributed by atoms with van der Waals surface area (Å²) < 4.78 is 9.85. The molecular formula is C10H21NO3. The predicted octanol–water partition coefficient (Wildman–Crippen LogP) is 1.08. The van der Waals surface area contributed by atoms with Crippen molar-refractivity contribution in [1.29, 1.82) is 0 Å². The van der Waals surface area contributed by atoms with Gasteiger partial charge in [0.05, 0.1) is 13.7 Å². The molecule has 0 rings (SSSR count). The lowest BCUT2D eigenvalue weighted by molar-refractivity contribution is -0.148. The number of hydrogen-bond acceptors (Lipinski definition) is 4. The van der Waals surface area contributed by atoms with Crippen molar-refractivity contribution in [2.24, 2.45) is 5.73 Å². The fraction of sp³-hybridized carbons (Fsp3) is 0.900. The first kappa shape index (κ1) is 13.4. The molecule has 0 heterocycles. The zero-order valence-corrected chi connectivity index (χ0v) is 9.34. The van der Waals surface area contributed by atoms with Crippen LogP contribution in [0.4, 0.5) is 0 Å². The molecule has 2 N–H and O–H groups in total. The molecule has 0 aliphatic heterocycles. The summed E-state index contributed by atoms with van der Waals surface area (Å²) in [6, 6.07) is 0. The standard InChI is InChI=1S/C10H21NO3/c1-4-5-6-7-14-8-10(2,11)9(12)13-3/h4-8,11H2,1-3H3. The second-order valence-electron chi connectivity index (χ2n) is 3.67. The molecule has 0 saturated heterocycles. The van der Waals surface area contributed by atoms with E-state index >= 15 is 0 Å². The van der Waals surface area contributed by atoms with Crippen molar-refractivity contribution in [1.82, 2.24) is 0 Å². The molecule has 0 aliphatic carbocycles. The topological polar surface area (TPSA) is 61.5 Å². The molecular weight excluding hydrogens is 182 g/mol. The van der Waals surface area contributed by atoms with Gasteiger partial charge in [0.1, 0.15) is 5.54 Å². The third kappa shape index (κ3) is 5.19. The first-order chi connectivity index (χ1) is 6.54. The largest absolute Gasteiger partial charge is 0.468 e. The third-order valence-electron chi connectivity index (χ3n) is 1.95. The van der Waals surface area contributed by atoms with Crippen LogP contribution in [0.15, 0.2) is 0 Å². The summed E-state index contributed by atoms with van der Waals surface area (Å²) >= 11 is 0.